The molecule has 0 N–H and O–H groups in total. The van der Waals surface area contributed by atoms with Crippen LogP contribution in [0.2, 0.25) is 0 Å². The quantitative estimate of drug-likeness (QED) is 0.153. The van der Waals surface area contributed by atoms with Gasteiger partial charge in [0.2, 0.25) is 0 Å². The molecule has 0 bridgehead atoms. The first-order chi connectivity index (χ1) is 15.6. The fraction of sp³-hybridized carbons (Fsp3) is 0.917. The molecule has 0 radical (unpaired) electrons. The Balaban J connectivity index is -0.00000144. The summed E-state index contributed by atoms with van der Waals surface area (Å²) in [6, 6.07) is 0. The SMILES string of the molecule is CCCCC(CC)COC(=O)CC(C(=O)OCC(CC)CCCC)S(=O)(=O)[O-].CCOCC.[Na+]. The van der Waals surface area contributed by atoms with Gasteiger partial charge in [-0.1, -0.05) is 66.2 Å². The average molecular weight is 519 g/mol. The number of hydrogen-bond donors (Lipinski definition) is 0. The van der Waals surface area contributed by atoms with Gasteiger partial charge in [0, 0.05) is 13.2 Å². The molecule has 0 spiro atoms. The van der Waals surface area contributed by atoms with E-state index in [1.807, 2.05) is 27.7 Å². The van der Waals surface area contributed by atoms with E-state index in [2.05, 4.69) is 13.8 Å². The number of rotatable bonds is 18. The van der Waals surface area contributed by atoms with Gasteiger partial charge in [-0.25, -0.2) is 8.42 Å². The van der Waals surface area contributed by atoms with Gasteiger partial charge in [0.15, 0.2) is 5.25 Å². The number of ether oxygens (including phenoxy) is 3. The summed E-state index contributed by atoms with van der Waals surface area (Å²) >= 11 is 0. The van der Waals surface area contributed by atoms with Crippen molar-refractivity contribution in [2.24, 2.45) is 11.8 Å². The Hall–Kier alpha value is -0.190. The minimum Gasteiger partial charge on any atom is -0.747 e. The van der Waals surface area contributed by atoms with Gasteiger partial charge in [-0.05, 0) is 38.5 Å². The van der Waals surface area contributed by atoms with Crippen LogP contribution in [0.1, 0.15) is 99.3 Å². The Labute approximate surface area is 230 Å². The zero-order valence-corrected chi connectivity index (χ0v) is 25.4. The summed E-state index contributed by atoms with van der Waals surface area (Å²) < 4.78 is 49.4. The van der Waals surface area contributed by atoms with Crippen molar-refractivity contribution < 1.29 is 66.3 Å². The third-order valence-electron chi connectivity index (χ3n) is 5.40. The zero-order valence-electron chi connectivity index (χ0n) is 22.6. The predicted octanol–water partition coefficient (Wildman–Crippen LogP) is 1.86. The molecule has 0 aromatic carbocycles. The molecule has 0 heterocycles. The smallest absolute Gasteiger partial charge is 0.747 e. The molecular weight excluding hydrogens is 471 g/mol. The number of unbranched alkanes of at least 4 members (excludes halogenated alkanes) is 2. The number of esters is 2. The average Bonchev–Trinajstić information content (AvgIpc) is 2.77. The fourth-order valence-electron chi connectivity index (χ4n) is 3.02. The first kappa shape index (κ1) is 38.3. The first-order valence-corrected chi connectivity index (χ1v) is 13.9. The van der Waals surface area contributed by atoms with E-state index in [-0.39, 0.29) is 54.6 Å². The molecule has 0 aliphatic heterocycles. The molecule has 0 rings (SSSR count). The predicted molar refractivity (Wildman–Crippen MR) is 129 cm³/mol. The number of hydrogen-bond acceptors (Lipinski definition) is 8. The second kappa shape index (κ2) is 24.5. The molecule has 3 atom stereocenters. The Bertz CT molecular complexity index is 596. The molecule has 0 aromatic rings. The maximum absolute atomic E-state index is 12.1. The maximum Gasteiger partial charge on any atom is 1.00 e. The molecule has 0 fully saturated rings. The van der Waals surface area contributed by atoms with E-state index in [4.69, 9.17) is 14.2 Å². The largest absolute Gasteiger partial charge is 1.00 e. The standard InChI is InChI=1S/C20H38O7S.C4H10O.Na/c1-5-9-11-16(7-3)14-26-19(21)13-18(28(23,24)25)20(22)27-15-17(8-4)12-10-6-2;1-3-5-4-2;/h16-18H,5-15H2,1-4H3,(H,23,24,25);3-4H2,1-2H3;/q;;+1/p-1. The van der Waals surface area contributed by atoms with E-state index in [1.165, 1.54) is 0 Å². The molecule has 34 heavy (non-hydrogen) atoms. The van der Waals surface area contributed by atoms with Crippen molar-refractivity contribution in [1.29, 1.82) is 0 Å². The van der Waals surface area contributed by atoms with Crippen molar-refractivity contribution in [1.82, 2.24) is 0 Å². The topological polar surface area (TPSA) is 119 Å². The second-order valence-electron chi connectivity index (χ2n) is 8.11. The van der Waals surface area contributed by atoms with Crippen LogP contribution in [0.25, 0.3) is 0 Å². The van der Waals surface area contributed by atoms with Crippen LogP contribution in [0.5, 0.6) is 0 Å². The number of carbonyl (C=O) groups excluding carboxylic acids is 2. The van der Waals surface area contributed by atoms with Crippen LogP contribution in [0.15, 0.2) is 0 Å². The van der Waals surface area contributed by atoms with Gasteiger partial charge in [0.25, 0.3) is 0 Å². The molecule has 8 nitrogen and oxygen atoms in total. The molecule has 0 saturated carbocycles. The van der Waals surface area contributed by atoms with E-state index in [9.17, 15) is 22.6 Å². The van der Waals surface area contributed by atoms with Crippen LogP contribution in [0.3, 0.4) is 0 Å². The monoisotopic (exact) mass is 518 g/mol. The molecule has 10 heteroatoms. The van der Waals surface area contributed by atoms with E-state index >= 15 is 0 Å². The minimum atomic E-state index is -5.01. The fourth-order valence-corrected chi connectivity index (χ4v) is 3.66. The van der Waals surface area contributed by atoms with Crippen LogP contribution >= 0.6 is 0 Å². The van der Waals surface area contributed by atoms with Crippen LogP contribution in [0, 0.1) is 11.8 Å². The van der Waals surface area contributed by atoms with Gasteiger partial charge in [-0.2, -0.15) is 0 Å². The zero-order chi connectivity index (χ0) is 25.7. The number of carbonyl (C=O) groups is 2. The Kier molecular flexibility index (Phi) is 27.6. The molecule has 0 aliphatic carbocycles. The molecule has 198 valence electrons. The molecule has 0 aliphatic rings. The van der Waals surface area contributed by atoms with Gasteiger partial charge in [-0.3, -0.25) is 9.59 Å². The summed E-state index contributed by atoms with van der Waals surface area (Å²) in [7, 11) is -5.01. The minimum absolute atomic E-state index is 0. The molecular formula is C24H47NaO8S. The van der Waals surface area contributed by atoms with Gasteiger partial charge in [0.1, 0.15) is 10.1 Å². The second-order valence-corrected chi connectivity index (χ2v) is 9.67. The van der Waals surface area contributed by atoms with E-state index in [1.54, 1.807) is 0 Å². The normalized spacial score (nSPS) is 13.5. The van der Waals surface area contributed by atoms with E-state index in [0.717, 1.165) is 64.6 Å². The van der Waals surface area contributed by atoms with Crippen molar-refractivity contribution in [3.8, 4) is 0 Å². The summed E-state index contributed by atoms with van der Waals surface area (Å²) in [5.41, 5.74) is 0. The van der Waals surface area contributed by atoms with Crippen molar-refractivity contribution in [2.45, 2.75) is 105 Å². The van der Waals surface area contributed by atoms with Crippen molar-refractivity contribution in [2.75, 3.05) is 26.4 Å². The van der Waals surface area contributed by atoms with Crippen LogP contribution in [0.4, 0.5) is 0 Å². The third-order valence-corrected chi connectivity index (χ3v) is 6.46. The van der Waals surface area contributed by atoms with Crippen LogP contribution in [-0.2, 0) is 33.9 Å². The summed E-state index contributed by atoms with van der Waals surface area (Å²) in [4.78, 5) is 24.1. The van der Waals surface area contributed by atoms with E-state index in [0.29, 0.717) is 0 Å². The first-order valence-electron chi connectivity index (χ1n) is 12.4. The Morgan fingerprint density at radius 1 is 0.794 bits per heavy atom. The Morgan fingerprint density at radius 2 is 1.24 bits per heavy atom. The van der Waals surface area contributed by atoms with Gasteiger partial charge in [-0.15, -0.1) is 0 Å². The summed E-state index contributed by atoms with van der Waals surface area (Å²) in [5.74, 6) is -1.74. The van der Waals surface area contributed by atoms with Crippen molar-refractivity contribution in [3.63, 3.8) is 0 Å². The van der Waals surface area contributed by atoms with Gasteiger partial charge < -0.3 is 18.8 Å². The molecule has 0 amide bonds. The van der Waals surface area contributed by atoms with Gasteiger partial charge >= 0.3 is 41.5 Å². The van der Waals surface area contributed by atoms with Crippen molar-refractivity contribution >= 4 is 22.1 Å². The summed E-state index contributed by atoms with van der Waals surface area (Å²) in [6.07, 6.45) is 6.58. The molecule has 0 saturated heterocycles. The Morgan fingerprint density at radius 3 is 1.56 bits per heavy atom. The molecule has 0 aromatic heterocycles. The van der Waals surface area contributed by atoms with E-state index < -0.39 is 33.7 Å². The maximum atomic E-state index is 12.1. The molecule has 3 unspecified atom stereocenters. The summed E-state index contributed by atoms with van der Waals surface area (Å²) in [6.45, 7) is 13.9. The van der Waals surface area contributed by atoms with Crippen LogP contribution in [-0.4, -0.2) is 56.6 Å². The summed E-state index contributed by atoms with van der Waals surface area (Å²) in [5, 5.41) is -2.06. The van der Waals surface area contributed by atoms with Crippen LogP contribution < -0.4 is 29.6 Å². The van der Waals surface area contributed by atoms with Crippen molar-refractivity contribution in [3.05, 3.63) is 0 Å². The third kappa shape index (κ3) is 21.1. The van der Waals surface area contributed by atoms with Gasteiger partial charge in [0.05, 0.1) is 19.6 Å².